The SMILES string of the molecule is O=C1Nc2c(c(Nc3cccc(C(F)(F)F)c3)nc3cc(C(=O)O)ccc23)C1=O. The van der Waals surface area contributed by atoms with Gasteiger partial charge in [-0.05, 0) is 36.4 Å². The molecular weight excluding hydrogens is 391 g/mol. The lowest BCUT2D eigenvalue weighted by Crippen LogP contribution is -2.13. The summed E-state index contributed by atoms with van der Waals surface area (Å²) in [6, 6.07) is 8.18. The fraction of sp³-hybridized carbons (Fsp3) is 0.0526. The monoisotopic (exact) mass is 401 g/mol. The van der Waals surface area contributed by atoms with Crippen LogP contribution in [0.2, 0.25) is 0 Å². The zero-order chi connectivity index (χ0) is 20.9. The van der Waals surface area contributed by atoms with Gasteiger partial charge in [0.2, 0.25) is 0 Å². The van der Waals surface area contributed by atoms with E-state index in [4.69, 9.17) is 5.11 Å². The Bertz CT molecular complexity index is 1220. The van der Waals surface area contributed by atoms with Gasteiger partial charge in [-0.2, -0.15) is 13.2 Å². The molecule has 4 rings (SSSR count). The largest absolute Gasteiger partial charge is 0.478 e. The molecule has 1 aliphatic heterocycles. The van der Waals surface area contributed by atoms with Crippen LogP contribution < -0.4 is 10.6 Å². The summed E-state index contributed by atoms with van der Waals surface area (Å²) in [6.45, 7) is 0. The second-order valence-electron chi connectivity index (χ2n) is 6.23. The van der Waals surface area contributed by atoms with Crippen molar-refractivity contribution in [3.8, 4) is 0 Å². The van der Waals surface area contributed by atoms with Crippen LogP contribution in [-0.2, 0) is 11.0 Å². The van der Waals surface area contributed by atoms with Gasteiger partial charge in [-0.1, -0.05) is 6.07 Å². The smallest absolute Gasteiger partial charge is 0.416 e. The van der Waals surface area contributed by atoms with Crippen LogP contribution >= 0.6 is 0 Å². The fourth-order valence-electron chi connectivity index (χ4n) is 3.03. The number of halogens is 3. The number of benzene rings is 2. The molecule has 2 aromatic carbocycles. The van der Waals surface area contributed by atoms with Crippen LogP contribution in [0.3, 0.4) is 0 Å². The van der Waals surface area contributed by atoms with E-state index in [1.165, 1.54) is 30.3 Å². The van der Waals surface area contributed by atoms with Crippen LogP contribution in [-0.4, -0.2) is 27.8 Å². The molecule has 3 N–H and O–H groups in total. The average molecular weight is 401 g/mol. The van der Waals surface area contributed by atoms with Crippen molar-refractivity contribution in [1.29, 1.82) is 0 Å². The molecule has 10 heteroatoms. The first kappa shape index (κ1) is 18.4. The number of carbonyl (C=O) groups is 3. The Kier molecular flexibility index (Phi) is 4.00. The van der Waals surface area contributed by atoms with Crippen molar-refractivity contribution in [3.63, 3.8) is 0 Å². The summed E-state index contributed by atoms with van der Waals surface area (Å²) >= 11 is 0. The quantitative estimate of drug-likeness (QED) is 0.576. The summed E-state index contributed by atoms with van der Waals surface area (Å²) in [6.07, 6.45) is -4.57. The number of aromatic carboxylic acids is 1. The number of aromatic nitrogens is 1. The lowest BCUT2D eigenvalue weighted by atomic mass is 10.1. The maximum absolute atomic E-state index is 13.0. The molecule has 0 saturated heterocycles. The molecule has 0 atom stereocenters. The molecule has 146 valence electrons. The Morgan fingerprint density at radius 3 is 2.55 bits per heavy atom. The van der Waals surface area contributed by atoms with E-state index in [2.05, 4.69) is 15.6 Å². The van der Waals surface area contributed by atoms with E-state index in [1.807, 2.05) is 0 Å². The molecule has 1 aliphatic rings. The molecule has 0 saturated carbocycles. The minimum Gasteiger partial charge on any atom is -0.478 e. The number of nitrogens with zero attached hydrogens (tertiary/aromatic N) is 1. The van der Waals surface area contributed by atoms with Gasteiger partial charge < -0.3 is 15.7 Å². The van der Waals surface area contributed by atoms with Crippen molar-refractivity contribution in [2.45, 2.75) is 6.18 Å². The maximum Gasteiger partial charge on any atom is 0.416 e. The van der Waals surface area contributed by atoms with E-state index >= 15 is 0 Å². The predicted octanol–water partition coefficient (Wildman–Crippen LogP) is 3.83. The lowest BCUT2D eigenvalue weighted by Gasteiger charge is -2.13. The molecule has 1 aromatic heterocycles. The topological polar surface area (TPSA) is 108 Å². The molecule has 0 spiro atoms. The third-order valence-corrected chi connectivity index (χ3v) is 4.36. The Balaban J connectivity index is 1.89. The standard InChI is InChI=1S/C19H10F3N3O4/c20-19(21,22)9-2-1-3-10(7-9)23-16-13-14(25-17(27)15(13)26)11-5-4-8(18(28)29)6-12(11)24-16/h1-7H,(H,23,24)(H,28,29)(H,25,26,27). The van der Waals surface area contributed by atoms with Crippen LogP contribution in [0, 0.1) is 0 Å². The molecule has 0 bridgehead atoms. The summed E-state index contributed by atoms with van der Waals surface area (Å²) in [7, 11) is 0. The number of nitrogens with one attached hydrogen (secondary N) is 2. The summed E-state index contributed by atoms with van der Waals surface area (Å²) in [4.78, 5) is 39.6. The Labute approximate surface area is 160 Å². The van der Waals surface area contributed by atoms with E-state index < -0.39 is 29.4 Å². The first-order valence-corrected chi connectivity index (χ1v) is 8.16. The number of carboxylic acid groups (broad SMARTS) is 1. The van der Waals surface area contributed by atoms with Crippen molar-refractivity contribution in [3.05, 3.63) is 59.2 Å². The fourth-order valence-corrected chi connectivity index (χ4v) is 3.03. The number of alkyl halides is 3. The highest BCUT2D eigenvalue weighted by molar-refractivity contribution is 6.54. The van der Waals surface area contributed by atoms with Gasteiger partial charge in [-0.25, -0.2) is 9.78 Å². The third kappa shape index (κ3) is 3.14. The molecule has 0 unspecified atom stereocenters. The van der Waals surface area contributed by atoms with Crippen molar-refractivity contribution in [2.75, 3.05) is 10.6 Å². The second-order valence-corrected chi connectivity index (χ2v) is 6.23. The number of carboxylic acids is 1. The second kappa shape index (κ2) is 6.30. The molecule has 7 nitrogen and oxygen atoms in total. The van der Waals surface area contributed by atoms with Crippen LogP contribution in [0.5, 0.6) is 0 Å². The summed E-state index contributed by atoms with van der Waals surface area (Å²) in [5.41, 5.74) is -0.845. The third-order valence-electron chi connectivity index (χ3n) is 4.36. The first-order valence-electron chi connectivity index (χ1n) is 8.16. The van der Waals surface area contributed by atoms with Crippen molar-refractivity contribution in [2.24, 2.45) is 0 Å². The van der Waals surface area contributed by atoms with E-state index in [0.29, 0.717) is 5.39 Å². The molecule has 29 heavy (non-hydrogen) atoms. The molecule has 0 fully saturated rings. The number of carbonyl (C=O) groups excluding carboxylic acids is 2. The van der Waals surface area contributed by atoms with Gasteiger partial charge in [0.25, 0.3) is 11.7 Å². The van der Waals surface area contributed by atoms with Gasteiger partial charge in [0.1, 0.15) is 5.82 Å². The van der Waals surface area contributed by atoms with Gasteiger partial charge in [0.15, 0.2) is 0 Å². The molecule has 3 aromatic rings. The lowest BCUT2D eigenvalue weighted by molar-refractivity contribution is -0.137. The number of anilines is 3. The van der Waals surface area contributed by atoms with Gasteiger partial charge in [-0.3, -0.25) is 9.59 Å². The van der Waals surface area contributed by atoms with Crippen LogP contribution in [0.25, 0.3) is 10.9 Å². The highest BCUT2D eigenvalue weighted by atomic mass is 19.4. The molecule has 2 heterocycles. The number of Topliss-reactive ketones (excluding diaryl/α,β-unsaturated/α-hetero) is 1. The molecule has 0 radical (unpaired) electrons. The number of pyridine rings is 1. The highest BCUT2D eigenvalue weighted by Gasteiger charge is 2.34. The van der Waals surface area contributed by atoms with Crippen LogP contribution in [0.1, 0.15) is 26.3 Å². The van der Waals surface area contributed by atoms with E-state index in [1.54, 1.807) is 0 Å². The zero-order valence-corrected chi connectivity index (χ0v) is 14.3. The Morgan fingerprint density at radius 2 is 1.86 bits per heavy atom. The number of ketones is 1. The van der Waals surface area contributed by atoms with E-state index in [-0.39, 0.29) is 33.8 Å². The van der Waals surface area contributed by atoms with Crippen molar-refractivity contribution in [1.82, 2.24) is 4.98 Å². The molecule has 1 amide bonds. The first-order chi connectivity index (χ1) is 13.6. The Hall–Kier alpha value is -3.95. The summed E-state index contributed by atoms with van der Waals surface area (Å²) in [5, 5.41) is 14.5. The minimum absolute atomic E-state index is 0.00425. The number of amides is 1. The van der Waals surface area contributed by atoms with E-state index in [0.717, 1.165) is 12.1 Å². The minimum atomic E-state index is -4.57. The normalized spacial score (nSPS) is 13.3. The van der Waals surface area contributed by atoms with Gasteiger partial charge in [0, 0.05) is 11.1 Å². The Morgan fingerprint density at radius 1 is 1.10 bits per heavy atom. The van der Waals surface area contributed by atoms with Crippen LogP contribution in [0.4, 0.5) is 30.4 Å². The average Bonchev–Trinajstić information content (AvgIpc) is 2.96. The van der Waals surface area contributed by atoms with Gasteiger partial charge in [0.05, 0.1) is 27.9 Å². The van der Waals surface area contributed by atoms with Gasteiger partial charge in [-0.15, -0.1) is 0 Å². The number of hydrogen-bond donors (Lipinski definition) is 3. The van der Waals surface area contributed by atoms with E-state index in [9.17, 15) is 27.6 Å². The number of hydrogen-bond acceptors (Lipinski definition) is 5. The molecule has 0 aliphatic carbocycles. The van der Waals surface area contributed by atoms with Crippen LogP contribution in [0.15, 0.2) is 42.5 Å². The predicted molar refractivity (Wildman–Crippen MR) is 96.4 cm³/mol. The zero-order valence-electron chi connectivity index (χ0n) is 14.3. The number of fused-ring (bicyclic) bond motifs is 3. The van der Waals surface area contributed by atoms with Crippen molar-refractivity contribution < 1.29 is 32.7 Å². The highest BCUT2D eigenvalue weighted by Crippen LogP contribution is 2.38. The number of rotatable bonds is 3. The maximum atomic E-state index is 13.0. The van der Waals surface area contributed by atoms with Gasteiger partial charge >= 0.3 is 12.1 Å². The van der Waals surface area contributed by atoms with Crippen molar-refractivity contribution >= 4 is 45.8 Å². The summed E-state index contributed by atoms with van der Waals surface area (Å²) in [5.74, 6) is -3.17. The summed E-state index contributed by atoms with van der Waals surface area (Å²) < 4.78 is 38.9. The molecular formula is C19H10F3N3O4.